The largest absolute Gasteiger partial charge is 0.370 e. The van der Waals surface area contributed by atoms with Crippen LogP contribution >= 0.6 is 0 Å². The molecular weight excluding hydrogens is 364 g/mol. The Morgan fingerprint density at radius 1 is 1.15 bits per heavy atom. The van der Waals surface area contributed by atoms with E-state index in [1.807, 2.05) is 44.2 Å². The molecule has 1 N–H and O–H groups in total. The third kappa shape index (κ3) is 4.74. The normalized spacial score (nSPS) is 17.7. The summed E-state index contributed by atoms with van der Waals surface area (Å²) in [6.07, 6.45) is -0.194. The van der Waals surface area contributed by atoms with Crippen molar-refractivity contribution in [3.8, 4) is 0 Å². The molecule has 2 aromatic carbocycles. The summed E-state index contributed by atoms with van der Waals surface area (Å²) in [5, 5.41) is 0. The summed E-state index contributed by atoms with van der Waals surface area (Å²) in [5.41, 5.74) is 2.92. The monoisotopic (exact) mass is 388 g/mol. The number of carbonyl (C=O) groups excluding carboxylic acids is 1. The summed E-state index contributed by atoms with van der Waals surface area (Å²) in [6, 6.07) is 14.6. The zero-order valence-electron chi connectivity index (χ0n) is 15.5. The third-order valence-corrected chi connectivity index (χ3v) is 6.19. The molecule has 0 unspecified atom stereocenters. The molecule has 0 radical (unpaired) electrons. The first-order valence-electron chi connectivity index (χ1n) is 8.88. The number of nitrogens with one attached hydrogen (secondary N) is 1. The Morgan fingerprint density at radius 2 is 1.89 bits per heavy atom. The Morgan fingerprint density at radius 3 is 2.59 bits per heavy atom. The summed E-state index contributed by atoms with van der Waals surface area (Å²) in [4.78, 5) is 14.3. The zero-order valence-corrected chi connectivity index (χ0v) is 16.3. The lowest BCUT2D eigenvalue weighted by Gasteiger charge is -2.33. The lowest BCUT2D eigenvalue weighted by molar-refractivity contribution is -0.137. The first-order valence-corrected chi connectivity index (χ1v) is 10.4. The van der Waals surface area contributed by atoms with E-state index in [1.54, 1.807) is 23.1 Å². The summed E-state index contributed by atoms with van der Waals surface area (Å²) >= 11 is 0. The molecule has 2 aromatic rings. The van der Waals surface area contributed by atoms with Gasteiger partial charge in [0.05, 0.1) is 24.6 Å². The van der Waals surface area contributed by atoms with Crippen molar-refractivity contribution >= 4 is 15.9 Å². The van der Waals surface area contributed by atoms with Crippen LogP contribution in [0.25, 0.3) is 0 Å². The number of nitrogens with zero attached hydrogens (tertiary/aromatic N) is 1. The van der Waals surface area contributed by atoms with Gasteiger partial charge >= 0.3 is 0 Å². The molecule has 3 rings (SSSR count). The minimum Gasteiger partial charge on any atom is -0.370 e. The van der Waals surface area contributed by atoms with Crippen LogP contribution in [0.2, 0.25) is 0 Å². The highest BCUT2D eigenvalue weighted by Crippen LogP contribution is 2.22. The van der Waals surface area contributed by atoms with Crippen molar-refractivity contribution in [2.24, 2.45) is 0 Å². The Bertz CT molecular complexity index is 913. The summed E-state index contributed by atoms with van der Waals surface area (Å²) in [5.74, 6) is -0.258. The predicted octanol–water partition coefficient (Wildman–Crippen LogP) is 2.18. The molecule has 27 heavy (non-hydrogen) atoms. The maximum Gasteiger partial charge on any atom is 0.241 e. The van der Waals surface area contributed by atoms with Gasteiger partial charge in [-0.05, 0) is 42.7 Å². The number of rotatable bonds is 5. The van der Waals surface area contributed by atoms with Gasteiger partial charge in [-0.1, -0.05) is 36.4 Å². The second-order valence-corrected chi connectivity index (χ2v) is 8.45. The minimum atomic E-state index is -3.73. The number of benzene rings is 2. The Balaban J connectivity index is 1.62. The van der Waals surface area contributed by atoms with Crippen LogP contribution < -0.4 is 4.72 Å². The van der Waals surface area contributed by atoms with Crippen molar-refractivity contribution in [2.75, 3.05) is 26.2 Å². The fraction of sp³-hybridized carbons (Fsp3) is 0.350. The van der Waals surface area contributed by atoms with Crippen LogP contribution in [0.15, 0.2) is 53.4 Å². The molecule has 1 atom stereocenters. The van der Waals surface area contributed by atoms with Gasteiger partial charge in [-0.25, -0.2) is 13.1 Å². The lowest BCUT2D eigenvalue weighted by Crippen LogP contribution is -2.46. The van der Waals surface area contributed by atoms with Gasteiger partial charge in [0.1, 0.15) is 6.10 Å². The second kappa shape index (κ2) is 8.21. The van der Waals surface area contributed by atoms with Crippen LogP contribution in [0.4, 0.5) is 0 Å². The zero-order chi connectivity index (χ0) is 19.4. The molecule has 1 aliphatic rings. The molecule has 0 aliphatic carbocycles. The molecule has 0 spiro atoms. The SMILES string of the molecule is Cc1ccc(S(=O)(=O)NCC(=O)N2CCO[C@@H](c3ccccc3)C2)cc1C. The quantitative estimate of drug-likeness (QED) is 0.852. The Hall–Kier alpha value is -2.22. The van der Waals surface area contributed by atoms with Crippen molar-refractivity contribution in [1.29, 1.82) is 0 Å². The first-order chi connectivity index (χ1) is 12.9. The first kappa shape index (κ1) is 19.5. The number of hydrogen-bond donors (Lipinski definition) is 1. The van der Waals surface area contributed by atoms with Gasteiger partial charge in [0.25, 0.3) is 0 Å². The van der Waals surface area contributed by atoms with Gasteiger partial charge in [-0.2, -0.15) is 0 Å². The number of amides is 1. The molecule has 1 saturated heterocycles. The van der Waals surface area contributed by atoms with E-state index in [2.05, 4.69) is 4.72 Å². The van der Waals surface area contributed by atoms with E-state index in [0.29, 0.717) is 19.7 Å². The number of ether oxygens (including phenoxy) is 1. The summed E-state index contributed by atoms with van der Waals surface area (Å²) in [6.45, 7) is 4.80. The number of morpholine rings is 1. The van der Waals surface area contributed by atoms with Crippen molar-refractivity contribution in [3.05, 3.63) is 65.2 Å². The number of sulfonamides is 1. The minimum absolute atomic E-state index is 0.169. The van der Waals surface area contributed by atoms with E-state index in [-0.39, 0.29) is 23.5 Å². The average Bonchev–Trinajstić information content (AvgIpc) is 2.69. The second-order valence-electron chi connectivity index (χ2n) is 6.68. The molecule has 1 aliphatic heterocycles. The summed E-state index contributed by atoms with van der Waals surface area (Å²) in [7, 11) is -3.73. The summed E-state index contributed by atoms with van der Waals surface area (Å²) < 4.78 is 33.1. The topological polar surface area (TPSA) is 75.7 Å². The number of carbonyl (C=O) groups is 1. The van der Waals surface area contributed by atoms with Gasteiger partial charge in [0.2, 0.25) is 15.9 Å². The van der Waals surface area contributed by atoms with E-state index in [9.17, 15) is 13.2 Å². The molecule has 144 valence electrons. The van der Waals surface area contributed by atoms with E-state index in [1.165, 1.54) is 0 Å². The van der Waals surface area contributed by atoms with Crippen molar-refractivity contribution in [1.82, 2.24) is 9.62 Å². The van der Waals surface area contributed by atoms with Crippen LogP contribution in [-0.2, 0) is 19.6 Å². The van der Waals surface area contributed by atoms with E-state index >= 15 is 0 Å². The molecule has 1 amide bonds. The molecule has 0 saturated carbocycles. The van der Waals surface area contributed by atoms with Crippen molar-refractivity contribution in [2.45, 2.75) is 24.8 Å². The molecular formula is C20H24N2O4S. The smallest absolute Gasteiger partial charge is 0.241 e. The van der Waals surface area contributed by atoms with Gasteiger partial charge in [0.15, 0.2) is 0 Å². The predicted molar refractivity (Wildman–Crippen MR) is 103 cm³/mol. The van der Waals surface area contributed by atoms with Crippen LogP contribution in [0, 0.1) is 13.8 Å². The van der Waals surface area contributed by atoms with Gasteiger partial charge in [0, 0.05) is 6.54 Å². The van der Waals surface area contributed by atoms with Gasteiger partial charge < -0.3 is 9.64 Å². The fourth-order valence-corrected chi connectivity index (χ4v) is 4.04. The standard InChI is InChI=1S/C20H24N2O4S/c1-15-8-9-18(12-16(15)2)27(24,25)21-13-20(23)22-10-11-26-19(14-22)17-6-4-3-5-7-17/h3-9,12,19,21H,10-11,13-14H2,1-2H3/t19-/m1/s1. The van der Waals surface area contributed by atoms with Crippen molar-refractivity contribution in [3.63, 3.8) is 0 Å². The highest BCUT2D eigenvalue weighted by Gasteiger charge is 2.26. The Labute approximate surface area is 160 Å². The van der Waals surface area contributed by atoms with Crippen LogP contribution in [0.5, 0.6) is 0 Å². The van der Waals surface area contributed by atoms with E-state index in [4.69, 9.17) is 4.74 Å². The van der Waals surface area contributed by atoms with Crippen LogP contribution in [0.1, 0.15) is 22.8 Å². The highest BCUT2D eigenvalue weighted by atomic mass is 32.2. The fourth-order valence-electron chi connectivity index (χ4n) is 2.98. The number of hydrogen-bond acceptors (Lipinski definition) is 4. The van der Waals surface area contributed by atoms with Crippen LogP contribution in [0.3, 0.4) is 0 Å². The van der Waals surface area contributed by atoms with Gasteiger partial charge in [-0.3, -0.25) is 4.79 Å². The molecule has 0 bridgehead atoms. The van der Waals surface area contributed by atoms with E-state index in [0.717, 1.165) is 16.7 Å². The molecule has 1 fully saturated rings. The van der Waals surface area contributed by atoms with Gasteiger partial charge in [-0.15, -0.1) is 0 Å². The molecule has 1 heterocycles. The van der Waals surface area contributed by atoms with Crippen molar-refractivity contribution < 1.29 is 17.9 Å². The lowest BCUT2D eigenvalue weighted by atomic mass is 10.1. The molecule has 7 heteroatoms. The maximum atomic E-state index is 12.5. The molecule has 6 nitrogen and oxygen atoms in total. The Kier molecular flexibility index (Phi) is 5.94. The van der Waals surface area contributed by atoms with E-state index < -0.39 is 10.0 Å². The average molecular weight is 388 g/mol. The van der Waals surface area contributed by atoms with Crippen LogP contribution in [-0.4, -0.2) is 45.5 Å². The molecule has 0 aromatic heterocycles. The third-order valence-electron chi connectivity index (χ3n) is 4.79. The number of aryl methyl sites for hydroxylation is 2. The maximum absolute atomic E-state index is 12.5. The highest BCUT2D eigenvalue weighted by molar-refractivity contribution is 7.89.